The SMILES string of the molecule is CC(C)C1CN(c2cc(N)nc(N3CCOCC3)n2)CC1N(C)C. The fraction of sp³-hybridized carbons (Fsp3) is 0.765. The molecule has 2 aliphatic heterocycles. The highest BCUT2D eigenvalue weighted by atomic mass is 16.5. The van der Waals surface area contributed by atoms with Gasteiger partial charge in [-0.05, 0) is 25.9 Å². The molecule has 2 N–H and O–H groups in total. The van der Waals surface area contributed by atoms with Crippen molar-refractivity contribution in [3.63, 3.8) is 0 Å². The lowest BCUT2D eigenvalue weighted by Crippen LogP contribution is -2.38. The molecule has 0 amide bonds. The summed E-state index contributed by atoms with van der Waals surface area (Å²) in [7, 11) is 4.33. The summed E-state index contributed by atoms with van der Waals surface area (Å²) in [6, 6.07) is 2.44. The number of morpholine rings is 1. The van der Waals surface area contributed by atoms with Crippen LogP contribution in [0, 0.1) is 11.8 Å². The van der Waals surface area contributed by atoms with Gasteiger partial charge in [-0.1, -0.05) is 13.8 Å². The molecule has 134 valence electrons. The number of anilines is 3. The summed E-state index contributed by atoms with van der Waals surface area (Å²) < 4.78 is 5.42. The van der Waals surface area contributed by atoms with Gasteiger partial charge in [0.1, 0.15) is 11.6 Å². The number of nitrogens with zero attached hydrogens (tertiary/aromatic N) is 5. The van der Waals surface area contributed by atoms with Gasteiger partial charge in [0.05, 0.1) is 13.2 Å². The van der Waals surface area contributed by atoms with Gasteiger partial charge < -0.3 is 25.2 Å². The molecule has 0 radical (unpaired) electrons. The molecule has 0 aromatic carbocycles. The maximum atomic E-state index is 6.08. The van der Waals surface area contributed by atoms with Crippen molar-refractivity contribution in [1.82, 2.24) is 14.9 Å². The van der Waals surface area contributed by atoms with Crippen LogP contribution in [0.3, 0.4) is 0 Å². The quantitative estimate of drug-likeness (QED) is 0.878. The van der Waals surface area contributed by atoms with E-state index in [1.165, 1.54) is 0 Å². The Kier molecular flexibility index (Phi) is 5.10. The molecule has 3 rings (SSSR count). The van der Waals surface area contributed by atoms with E-state index in [1.807, 2.05) is 6.07 Å². The minimum atomic E-state index is 0.535. The van der Waals surface area contributed by atoms with Crippen molar-refractivity contribution in [3.8, 4) is 0 Å². The standard InChI is InChI=1S/C17H30N6O/c1-12(2)13-10-23(11-14(13)21(3)4)16-9-15(18)19-17(20-16)22-5-7-24-8-6-22/h9,12-14H,5-8,10-11H2,1-4H3,(H2,18,19,20). The van der Waals surface area contributed by atoms with Crippen molar-refractivity contribution in [2.45, 2.75) is 19.9 Å². The highest BCUT2D eigenvalue weighted by Crippen LogP contribution is 2.31. The minimum Gasteiger partial charge on any atom is -0.383 e. The van der Waals surface area contributed by atoms with Gasteiger partial charge in [0.2, 0.25) is 5.95 Å². The molecule has 24 heavy (non-hydrogen) atoms. The number of rotatable bonds is 4. The predicted molar refractivity (Wildman–Crippen MR) is 97.5 cm³/mol. The lowest BCUT2D eigenvalue weighted by atomic mass is 9.91. The van der Waals surface area contributed by atoms with Crippen LogP contribution < -0.4 is 15.5 Å². The van der Waals surface area contributed by atoms with Gasteiger partial charge in [0.15, 0.2) is 0 Å². The molecule has 2 saturated heterocycles. The van der Waals surface area contributed by atoms with Crippen molar-refractivity contribution in [2.24, 2.45) is 11.8 Å². The molecule has 0 aliphatic carbocycles. The molecule has 3 heterocycles. The van der Waals surface area contributed by atoms with Gasteiger partial charge in [-0.2, -0.15) is 9.97 Å². The summed E-state index contributed by atoms with van der Waals surface area (Å²) in [6.45, 7) is 9.67. The first-order valence-electron chi connectivity index (χ1n) is 8.84. The van der Waals surface area contributed by atoms with Crippen molar-refractivity contribution in [1.29, 1.82) is 0 Å². The van der Waals surface area contributed by atoms with E-state index in [-0.39, 0.29) is 0 Å². The van der Waals surface area contributed by atoms with Gasteiger partial charge in [0, 0.05) is 38.3 Å². The lowest BCUT2D eigenvalue weighted by molar-refractivity contribution is 0.122. The normalized spacial score (nSPS) is 25.1. The summed E-state index contributed by atoms with van der Waals surface area (Å²) in [5.74, 6) is 3.47. The van der Waals surface area contributed by atoms with E-state index in [9.17, 15) is 0 Å². The first kappa shape index (κ1) is 17.2. The maximum Gasteiger partial charge on any atom is 0.229 e. The monoisotopic (exact) mass is 334 g/mol. The molecule has 1 aromatic heterocycles. The largest absolute Gasteiger partial charge is 0.383 e. The molecule has 0 saturated carbocycles. The Morgan fingerprint density at radius 2 is 1.88 bits per heavy atom. The number of nitrogen functional groups attached to an aromatic ring is 1. The Bertz CT molecular complexity index is 542. The van der Waals surface area contributed by atoms with Crippen LogP contribution in [0.15, 0.2) is 6.07 Å². The first-order chi connectivity index (χ1) is 11.5. The van der Waals surface area contributed by atoms with E-state index in [2.05, 4.69) is 47.6 Å². The molecule has 2 aliphatic rings. The zero-order valence-electron chi connectivity index (χ0n) is 15.3. The molecule has 2 atom stereocenters. The second kappa shape index (κ2) is 7.11. The van der Waals surface area contributed by atoms with Crippen LogP contribution in [0.5, 0.6) is 0 Å². The third-order valence-electron chi connectivity index (χ3n) is 5.19. The van der Waals surface area contributed by atoms with Crippen molar-refractivity contribution in [3.05, 3.63) is 6.07 Å². The summed E-state index contributed by atoms with van der Waals surface area (Å²) in [4.78, 5) is 16.1. The fourth-order valence-electron chi connectivity index (χ4n) is 3.71. The number of likely N-dealkylation sites (N-methyl/N-ethyl adjacent to an activating group) is 1. The molecule has 0 spiro atoms. The van der Waals surface area contributed by atoms with Gasteiger partial charge >= 0.3 is 0 Å². The molecule has 2 fully saturated rings. The third-order valence-corrected chi connectivity index (χ3v) is 5.19. The second-order valence-corrected chi connectivity index (χ2v) is 7.39. The fourth-order valence-corrected chi connectivity index (χ4v) is 3.71. The molecular weight excluding hydrogens is 304 g/mol. The third kappa shape index (κ3) is 3.57. The van der Waals surface area contributed by atoms with Gasteiger partial charge in [-0.25, -0.2) is 0 Å². The number of nitrogens with two attached hydrogens (primary N) is 1. The Morgan fingerprint density at radius 1 is 1.17 bits per heavy atom. The minimum absolute atomic E-state index is 0.535. The average Bonchev–Trinajstić information content (AvgIpc) is 3.01. The predicted octanol–water partition coefficient (Wildman–Crippen LogP) is 0.918. The van der Waals surface area contributed by atoms with Gasteiger partial charge in [-0.3, -0.25) is 0 Å². The van der Waals surface area contributed by atoms with Crippen LogP contribution in [-0.4, -0.2) is 74.4 Å². The van der Waals surface area contributed by atoms with Crippen LogP contribution in [0.2, 0.25) is 0 Å². The summed E-state index contributed by atoms with van der Waals surface area (Å²) in [6.07, 6.45) is 0. The van der Waals surface area contributed by atoms with Crippen molar-refractivity contribution in [2.75, 3.05) is 69.0 Å². The van der Waals surface area contributed by atoms with Crippen molar-refractivity contribution < 1.29 is 4.74 Å². The lowest BCUT2D eigenvalue weighted by Gasteiger charge is -2.28. The Morgan fingerprint density at radius 3 is 2.46 bits per heavy atom. The van der Waals surface area contributed by atoms with E-state index in [4.69, 9.17) is 15.5 Å². The summed E-state index contributed by atoms with van der Waals surface area (Å²) in [5.41, 5.74) is 6.08. The van der Waals surface area contributed by atoms with E-state index >= 15 is 0 Å². The highest BCUT2D eigenvalue weighted by Gasteiger charge is 2.36. The Labute approximate surface area is 144 Å². The number of hydrogen-bond acceptors (Lipinski definition) is 7. The topological polar surface area (TPSA) is 70.8 Å². The first-order valence-corrected chi connectivity index (χ1v) is 8.84. The Hall–Kier alpha value is -1.60. The van der Waals surface area contributed by atoms with Crippen molar-refractivity contribution >= 4 is 17.6 Å². The van der Waals surface area contributed by atoms with Crippen LogP contribution in [0.1, 0.15) is 13.8 Å². The smallest absolute Gasteiger partial charge is 0.229 e. The molecule has 2 unspecified atom stereocenters. The van der Waals surface area contributed by atoms with Crippen LogP contribution in [-0.2, 0) is 4.74 Å². The maximum absolute atomic E-state index is 6.08. The summed E-state index contributed by atoms with van der Waals surface area (Å²) >= 11 is 0. The van der Waals surface area contributed by atoms with Crippen LogP contribution in [0.4, 0.5) is 17.6 Å². The molecule has 7 heteroatoms. The average molecular weight is 334 g/mol. The Balaban J connectivity index is 1.82. The second-order valence-electron chi connectivity index (χ2n) is 7.39. The van der Waals surface area contributed by atoms with Gasteiger partial charge in [0.25, 0.3) is 0 Å². The van der Waals surface area contributed by atoms with E-state index in [0.717, 1.165) is 51.2 Å². The number of ether oxygens (including phenoxy) is 1. The van der Waals surface area contributed by atoms with Crippen LogP contribution >= 0.6 is 0 Å². The zero-order valence-corrected chi connectivity index (χ0v) is 15.3. The van der Waals surface area contributed by atoms with E-state index in [1.54, 1.807) is 0 Å². The molecule has 0 bridgehead atoms. The summed E-state index contributed by atoms with van der Waals surface area (Å²) in [5, 5.41) is 0. The van der Waals surface area contributed by atoms with E-state index < -0.39 is 0 Å². The molecule has 7 nitrogen and oxygen atoms in total. The van der Waals surface area contributed by atoms with E-state index in [0.29, 0.717) is 23.7 Å². The zero-order chi connectivity index (χ0) is 17.3. The van der Waals surface area contributed by atoms with Crippen LogP contribution in [0.25, 0.3) is 0 Å². The number of hydrogen-bond donors (Lipinski definition) is 1. The number of aromatic nitrogens is 2. The van der Waals surface area contributed by atoms with Gasteiger partial charge in [-0.15, -0.1) is 0 Å². The molecule has 1 aromatic rings. The highest BCUT2D eigenvalue weighted by molar-refractivity contribution is 5.53. The molecular formula is C17H30N6O.